The highest BCUT2D eigenvalue weighted by Crippen LogP contribution is 2.11. The van der Waals surface area contributed by atoms with Crippen molar-refractivity contribution in [3.8, 4) is 0 Å². The summed E-state index contributed by atoms with van der Waals surface area (Å²) >= 11 is 0. The number of unbranched alkanes of at least 4 members (excludes halogenated alkanes) is 1. The van der Waals surface area contributed by atoms with Gasteiger partial charge in [-0.25, -0.2) is 14.4 Å². The van der Waals surface area contributed by atoms with Crippen LogP contribution in [0.15, 0.2) is 0 Å². The number of esters is 1. The number of carbonyl (C=O) groups excluding carboxylic acids is 3. The van der Waals surface area contributed by atoms with E-state index < -0.39 is 43.5 Å². The van der Waals surface area contributed by atoms with E-state index in [0.717, 1.165) is 6.04 Å². The van der Waals surface area contributed by atoms with Crippen molar-refractivity contribution in [1.29, 1.82) is 0 Å². The lowest BCUT2D eigenvalue weighted by Crippen LogP contribution is -2.44. The summed E-state index contributed by atoms with van der Waals surface area (Å²) in [6.07, 6.45) is 0.332. The fourth-order valence-electron chi connectivity index (χ4n) is 2.31. The quantitative estimate of drug-likeness (QED) is 0.141. The van der Waals surface area contributed by atoms with Crippen molar-refractivity contribution in [2.24, 2.45) is 0 Å². The van der Waals surface area contributed by atoms with Gasteiger partial charge in [0.25, 0.3) is 0 Å². The van der Waals surface area contributed by atoms with Gasteiger partial charge in [-0.2, -0.15) is 0 Å². The molecule has 0 aliphatic heterocycles. The topological polar surface area (TPSA) is 112 Å². The highest BCUT2D eigenvalue weighted by molar-refractivity contribution is 6.76. The van der Waals surface area contributed by atoms with Crippen molar-refractivity contribution in [3.63, 3.8) is 0 Å². The Balaban J connectivity index is 4.55. The first-order valence-electron chi connectivity index (χ1n) is 11.2. The Hall–Kier alpha value is -1.81. The summed E-state index contributed by atoms with van der Waals surface area (Å²) < 4.78 is 21.0. The van der Waals surface area contributed by atoms with Crippen molar-refractivity contribution < 1.29 is 33.3 Å². The Morgan fingerprint density at radius 1 is 0.875 bits per heavy atom. The second-order valence-electron chi connectivity index (χ2n) is 10.9. The predicted octanol–water partition coefficient (Wildman–Crippen LogP) is 4.43. The zero-order valence-electron chi connectivity index (χ0n) is 21.4. The zero-order valence-corrected chi connectivity index (χ0v) is 22.4. The first-order chi connectivity index (χ1) is 14.5. The number of carbonyl (C=O) groups is 3. The fourth-order valence-corrected chi connectivity index (χ4v) is 3.07. The van der Waals surface area contributed by atoms with Gasteiger partial charge in [0.2, 0.25) is 0 Å². The van der Waals surface area contributed by atoms with E-state index in [1.807, 2.05) is 0 Å². The summed E-state index contributed by atoms with van der Waals surface area (Å²) in [5.41, 5.74) is -1.25. The van der Waals surface area contributed by atoms with Crippen molar-refractivity contribution in [2.45, 2.75) is 104 Å². The molecule has 0 saturated carbocycles. The van der Waals surface area contributed by atoms with E-state index in [2.05, 4.69) is 30.3 Å². The molecule has 0 saturated heterocycles. The van der Waals surface area contributed by atoms with Gasteiger partial charge in [0.1, 0.15) is 17.2 Å². The van der Waals surface area contributed by atoms with Crippen LogP contribution in [-0.4, -0.2) is 63.4 Å². The van der Waals surface area contributed by atoms with Crippen molar-refractivity contribution >= 4 is 26.2 Å². The first-order valence-corrected chi connectivity index (χ1v) is 14.9. The van der Waals surface area contributed by atoms with Crippen molar-refractivity contribution in [3.05, 3.63) is 0 Å². The summed E-state index contributed by atoms with van der Waals surface area (Å²) in [4.78, 5) is 36.3. The minimum atomic E-state index is -1.23. The highest BCUT2D eigenvalue weighted by Gasteiger charge is 2.25. The van der Waals surface area contributed by atoms with Crippen LogP contribution in [0.4, 0.5) is 9.59 Å². The number of alkyl carbamates (subject to hydrolysis) is 2. The van der Waals surface area contributed by atoms with E-state index >= 15 is 0 Å². The van der Waals surface area contributed by atoms with Crippen LogP contribution < -0.4 is 10.6 Å². The second-order valence-corrected chi connectivity index (χ2v) is 16.5. The molecular weight excluding hydrogens is 432 g/mol. The monoisotopic (exact) mass is 476 g/mol. The van der Waals surface area contributed by atoms with Gasteiger partial charge in [-0.15, -0.1) is 0 Å². The zero-order chi connectivity index (χ0) is 25.0. The maximum Gasteiger partial charge on any atom is 0.408 e. The molecule has 0 bridgehead atoms. The molecule has 10 heteroatoms. The van der Waals surface area contributed by atoms with Crippen LogP contribution in [0.3, 0.4) is 0 Å². The predicted molar refractivity (Wildman–Crippen MR) is 126 cm³/mol. The van der Waals surface area contributed by atoms with E-state index in [9.17, 15) is 14.4 Å². The van der Waals surface area contributed by atoms with Gasteiger partial charge < -0.3 is 29.6 Å². The van der Waals surface area contributed by atoms with Crippen LogP contribution in [-0.2, 0) is 23.7 Å². The minimum absolute atomic E-state index is 0.157. The number of rotatable bonds is 12. The molecule has 2 N–H and O–H groups in total. The lowest BCUT2D eigenvalue weighted by atomic mass is 10.1. The maximum atomic E-state index is 12.5. The molecule has 0 heterocycles. The first kappa shape index (κ1) is 30.2. The Bertz CT molecular complexity index is 593. The van der Waals surface area contributed by atoms with Crippen LogP contribution in [0.2, 0.25) is 25.7 Å². The third-order valence-corrected chi connectivity index (χ3v) is 5.55. The molecule has 1 atom stereocenters. The van der Waals surface area contributed by atoms with Gasteiger partial charge in [-0.05, 0) is 66.8 Å². The normalized spacial score (nSPS) is 13.2. The summed E-state index contributed by atoms with van der Waals surface area (Å²) in [6.45, 7) is 18.1. The summed E-state index contributed by atoms with van der Waals surface area (Å²) in [5.74, 6) is -0.580. The molecule has 9 nitrogen and oxygen atoms in total. The van der Waals surface area contributed by atoms with Gasteiger partial charge in [0.15, 0.2) is 6.79 Å². The van der Waals surface area contributed by atoms with Gasteiger partial charge >= 0.3 is 18.2 Å². The van der Waals surface area contributed by atoms with Crippen LogP contribution in [0.5, 0.6) is 0 Å². The molecule has 0 spiro atoms. The Labute approximate surface area is 194 Å². The molecule has 0 aliphatic carbocycles. The van der Waals surface area contributed by atoms with Crippen molar-refractivity contribution in [2.75, 3.05) is 19.9 Å². The average Bonchev–Trinajstić information content (AvgIpc) is 2.55. The van der Waals surface area contributed by atoms with Crippen LogP contribution in [0, 0.1) is 0 Å². The molecule has 0 fully saturated rings. The van der Waals surface area contributed by atoms with E-state index in [-0.39, 0.29) is 6.79 Å². The van der Waals surface area contributed by atoms with Gasteiger partial charge in [0, 0.05) is 21.2 Å². The smallest absolute Gasteiger partial charge is 0.408 e. The molecule has 2 amide bonds. The lowest BCUT2D eigenvalue weighted by molar-refractivity contribution is -0.158. The number of hydrogen-bond acceptors (Lipinski definition) is 7. The molecule has 0 aromatic carbocycles. The van der Waals surface area contributed by atoms with E-state index in [4.69, 9.17) is 18.9 Å². The molecule has 188 valence electrons. The number of hydrogen-bond donors (Lipinski definition) is 2. The highest BCUT2D eigenvalue weighted by atomic mass is 28.3. The average molecular weight is 477 g/mol. The van der Waals surface area contributed by atoms with Gasteiger partial charge in [-0.1, -0.05) is 19.6 Å². The number of amides is 2. The third-order valence-electron chi connectivity index (χ3n) is 3.84. The van der Waals surface area contributed by atoms with Crippen LogP contribution in [0.1, 0.15) is 60.8 Å². The van der Waals surface area contributed by atoms with E-state index in [1.165, 1.54) is 0 Å². The Kier molecular flexibility index (Phi) is 12.9. The molecule has 0 aromatic heterocycles. The molecule has 0 unspecified atom stereocenters. The SMILES string of the molecule is CC(C)(C)OC(=O)NCCCC[C@H](NC(=O)OC(C)(C)C)C(=O)OCOCC[Si](C)(C)C. The number of ether oxygens (including phenoxy) is 4. The van der Waals surface area contributed by atoms with Crippen LogP contribution in [0.25, 0.3) is 0 Å². The molecular formula is C22H44N2O7Si. The van der Waals surface area contributed by atoms with E-state index in [1.54, 1.807) is 41.5 Å². The fraction of sp³-hybridized carbons (Fsp3) is 0.864. The summed E-state index contributed by atoms with van der Waals surface area (Å²) in [5, 5.41) is 5.24. The van der Waals surface area contributed by atoms with Crippen molar-refractivity contribution in [1.82, 2.24) is 10.6 Å². The molecule has 0 aromatic rings. The van der Waals surface area contributed by atoms with Gasteiger partial charge in [-0.3, -0.25) is 0 Å². The minimum Gasteiger partial charge on any atom is -0.444 e. The second kappa shape index (κ2) is 13.7. The van der Waals surface area contributed by atoms with Crippen LogP contribution >= 0.6 is 0 Å². The summed E-state index contributed by atoms with van der Waals surface area (Å²) in [6, 6.07) is 0.0985. The third kappa shape index (κ3) is 18.9. The lowest BCUT2D eigenvalue weighted by Gasteiger charge is -2.23. The largest absolute Gasteiger partial charge is 0.444 e. The van der Waals surface area contributed by atoms with Gasteiger partial charge in [0.05, 0.1) is 0 Å². The number of nitrogens with one attached hydrogen (secondary N) is 2. The Morgan fingerprint density at radius 3 is 1.97 bits per heavy atom. The molecule has 0 aliphatic rings. The Morgan fingerprint density at radius 2 is 1.44 bits per heavy atom. The summed E-state index contributed by atoms with van der Waals surface area (Å²) in [7, 11) is -1.23. The molecule has 32 heavy (non-hydrogen) atoms. The molecule has 0 rings (SSSR count). The molecule has 0 radical (unpaired) electrons. The van der Waals surface area contributed by atoms with E-state index in [0.29, 0.717) is 32.4 Å². The standard InChI is InChI=1S/C22H44N2O7Si/c1-21(2,3)30-19(26)23-13-11-10-12-17(24-20(27)31-22(4,5)6)18(25)29-16-28-14-15-32(7,8)9/h17H,10-16H2,1-9H3,(H,23,26)(H,24,27)/t17-/m0/s1. The maximum absolute atomic E-state index is 12.5.